The molecule has 2 atom stereocenters. The Labute approximate surface area is 138 Å². The van der Waals surface area contributed by atoms with Crippen molar-refractivity contribution in [3.63, 3.8) is 0 Å². The first-order valence-corrected chi connectivity index (χ1v) is 7.94. The number of rotatable bonds is 5. The number of hydrogen-bond donors (Lipinski definition) is 0. The first kappa shape index (κ1) is 16.8. The molecule has 0 N–H and O–H groups in total. The molecule has 0 aliphatic carbocycles. The van der Waals surface area contributed by atoms with Gasteiger partial charge in [-0.25, -0.2) is 13.8 Å². The Hall–Kier alpha value is -2.09. The predicted molar refractivity (Wildman–Crippen MR) is 83.1 cm³/mol. The molecule has 8 heteroatoms. The van der Waals surface area contributed by atoms with E-state index in [1.54, 1.807) is 6.07 Å². The van der Waals surface area contributed by atoms with Crippen molar-refractivity contribution in [3.05, 3.63) is 24.2 Å². The smallest absolute Gasteiger partial charge is 0.272 e. The fourth-order valence-electron chi connectivity index (χ4n) is 2.78. The maximum Gasteiger partial charge on any atom is 0.272 e. The Kier molecular flexibility index (Phi) is 5.03. The van der Waals surface area contributed by atoms with Gasteiger partial charge in [-0.1, -0.05) is 5.16 Å². The highest BCUT2D eigenvalue weighted by Crippen LogP contribution is 2.31. The summed E-state index contributed by atoms with van der Waals surface area (Å²) in [6.07, 6.45) is 0.938. The minimum absolute atomic E-state index is 0.145. The minimum Gasteiger partial charge on any atom is -0.472 e. The number of aromatic nitrogens is 3. The molecular formula is C16H20F2N4O2. The summed E-state index contributed by atoms with van der Waals surface area (Å²) in [4.78, 5) is 10.8. The van der Waals surface area contributed by atoms with E-state index in [9.17, 15) is 8.78 Å². The van der Waals surface area contributed by atoms with Crippen LogP contribution in [0, 0.1) is 0 Å². The van der Waals surface area contributed by atoms with Crippen molar-refractivity contribution in [2.24, 2.45) is 0 Å². The van der Waals surface area contributed by atoms with Crippen LogP contribution >= 0.6 is 0 Å². The number of likely N-dealkylation sites (tertiary alicyclic amines) is 1. The molecule has 0 amide bonds. The van der Waals surface area contributed by atoms with Crippen molar-refractivity contribution >= 4 is 0 Å². The van der Waals surface area contributed by atoms with Crippen molar-refractivity contribution in [2.75, 3.05) is 20.2 Å². The molecule has 0 saturated carbocycles. The molecule has 130 valence electrons. The standard InChI is InChI=1S/C16H20F2N4O2/c1-10-7-11(5-6-22(10)2)16-20-15(21-24-16)12-3-4-14(19-8-12)23-9-13(17)18/h3-4,8,10-11,13H,5-7,9H2,1-2H3/t10-,11-/m0/s1. The van der Waals surface area contributed by atoms with Gasteiger partial charge in [0.2, 0.25) is 17.6 Å². The van der Waals surface area contributed by atoms with Crippen LogP contribution in [0.1, 0.15) is 31.6 Å². The normalized spacial score (nSPS) is 22.0. The zero-order valence-corrected chi connectivity index (χ0v) is 13.7. The van der Waals surface area contributed by atoms with Crippen LogP contribution in [0.2, 0.25) is 0 Å². The zero-order chi connectivity index (χ0) is 17.1. The van der Waals surface area contributed by atoms with Gasteiger partial charge < -0.3 is 14.2 Å². The quantitative estimate of drug-likeness (QED) is 0.835. The second kappa shape index (κ2) is 7.21. The SMILES string of the molecule is C[C@H]1C[C@@H](c2nc(-c3ccc(OCC(F)F)nc3)no2)CCN1C. The number of piperidine rings is 1. The molecule has 0 spiro atoms. The average Bonchev–Trinajstić information content (AvgIpc) is 3.06. The lowest BCUT2D eigenvalue weighted by molar-refractivity contribution is 0.0796. The van der Waals surface area contributed by atoms with Crippen molar-refractivity contribution in [2.45, 2.75) is 38.2 Å². The topological polar surface area (TPSA) is 64.3 Å². The molecule has 2 aromatic rings. The molecular weight excluding hydrogens is 318 g/mol. The number of halogens is 2. The van der Waals surface area contributed by atoms with Crippen molar-refractivity contribution < 1.29 is 18.0 Å². The van der Waals surface area contributed by atoms with E-state index in [4.69, 9.17) is 9.26 Å². The van der Waals surface area contributed by atoms with Gasteiger partial charge >= 0.3 is 0 Å². The van der Waals surface area contributed by atoms with Gasteiger partial charge in [-0.3, -0.25) is 0 Å². The summed E-state index contributed by atoms with van der Waals surface area (Å²) in [7, 11) is 2.11. The molecule has 1 aliphatic heterocycles. The molecule has 2 aromatic heterocycles. The first-order valence-electron chi connectivity index (χ1n) is 7.94. The highest BCUT2D eigenvalue weighted by atomic mass is 19.3. The molecule has 3 rings (SSSR count). The third kappa shape index (κ3) is 3.87. The molecule has 0 radical (unpaired) electrons. The van der Waals surface area contributed by atoms with Gasteiger partial charge in [-0.15, -0.1) is 0 Å². The van der Waals surface area contributed by atoms with Crippen molar-refractivity contribution in [3.8, 4) is 17.3 Å². The third-order valence-electron chi connectivity index (χ3n) is 4.35. The maximum absolute atomic E-state index is 12.1. The van der Waals surface area contributed by atoms with Crippen LogP contribution in [-0.2, 0) is 0 Å². The lowest BCUT2D eigenvalue weighted by Crippen LogP contribution is -2.36. The Bertz CT molecular complexity index is 662. The molecule has 0 unspecified atom stereocenters. The number of hydrogen-bond acceptors (Lipinski definition) is 6. The molecule has 0 bridgehead atoms. The highest BCUT2D eigenvalue weighted by molar-refractivity contribution is 5.53. The Morgan fingerprint density at radius 3 is 2.92 bits per heavy atom. The van der Waals surface area contributed by atoms with Crippen LogP contribution < -0.4 is 4.74 Å². The van der Waals surface area contributed by atoms with Crippen LogP contribution in [0.3, 0.4) is 0 Å². The van der Waals surface area contributed by atoms with Gasteiger partial charge in [0.25, 0.3) is 6.43 Å². The van der Waals surface area contributed by atoms with Gasteiger partial charge in [0.05, 0.1) is 0 Å². The van der Waals surface area contributed by atoms with E-state index in [0.29, 0.717) is 23.3 Å². The van der Waals surface area contributed by atoms with Crippen LogP contribution in [0.25, 0.3) is 11.4 Å². The zero-order valence-electron chi connectivity index (χ0n) is 13.7. The van der Waals surface area contributed by atoms with Gasteiger partial charge in [0.15, 0.2) is 6.61 Å². The van der Waals surface area contributed by atoms with Gasteiger partial charge in [-0.2, -0.15) is 4.98 Å². The third-order valence-corrected chi connectivity index (χ3v) is 4.35. The van der Waals surface area contributed by atoms with E-state index in [1.165, 1.54) is 12.3 Å². The molecule has 0 aromatic carbocycles. The van der Waals surface area contributed by atoms with E-state index in [0.717, 1.165) is 19.4 Å². The van der Waals surface area contributed by atoms with E-state index in [2.05, 4.69) is 34.0 Å². The van der Waals surface area contributed by atoms with Crippen LogP contribution in [0.5, 0.6) is 5.88 Å². The number of alkyl halides is 2. The fourth-order valence-corrected chi connectivity index (χ4v) is 2.78. The monoisotopic (exact) mass is 338 g/mol. The van der Waals surface area contributed by atoms with E-state index in [-0.39, 0.29) is 11.8 Å². The summed E-state index contributed by atoms with van der Waals surface area (Å²) in [5, 5.41) is 4.01. The molecule has 1 fully saturated rings. The highest BCUT2D eigenvalue weighted by Gasteiger charge is 2.28. The van der Waals surface area contributed by atoms with Crippen molar-refractivity contribution in [1.82, 2.24) is 20.0 Å². The summed E-state index contributed by atoms with van der Waals surface area (Å²) in [5.74, 6) is 1.50. The summed E-state index contributed by atoms with van der Waals surface area (Å²) in [6.45, 7) is 2.51. The molecule has 3 heterocycles. The van der Waals surface area contributed by atoms with E-state index < -0.39 is 13.0 Å². The molecule has 24 heavy (non-hydrogen) atoms. The Morgan fingerprint density at radius 2 is 2.25 bits per heavy atom. The summed E-state index contributed by atoms with van der Waals surface area (Å²) >= 11 is 0. The van der Waals surface area contributed by atoms with Crippen LogP contribution in [0.4, 0.5) is 8.78 Å². The lowest BCUT2D eigenvalue weighted by atomic mass is 9.92. The Balaban J connectivity index is 1.67. The average molecular weight is 338 g/mol. The Morgan fingerprint density at radius 1 is 1.42 bits per heavy atom. The van der Waals surface area contributed by atoms with E-state index in [1.807, 2.05) is 0 Å². The second-order valence-corrected chi connectivity index (χ2v) is 6.09. The van der Waals surface area contributed by atoms with Crippen LogP contribution in [-0.4, -0.2) is 52.7 Å². The van der Waals surface area contributed by atoms with Gasteiger partial charge in [0.1, 0.15) is 0 Å². The minimum atomic E-state index is -2.52. The number of nitrogens with zero attached hydrogens (tertiary/aromatic N) is 4. The van der Waals surface area contributed by atoms with Crippen molar-refractivity contribution in [1.29, 1.82) is 0 Å². The molecule has 6 nitrogen and oxygen atoms in total. The van der Waals surface area contributed by atoms with Gasteiger partial charge in [-0.05, 0) is 39.4 Å². The number of pyridine rings is 1. The van der Waals surface area contributed by atoms with Crippen LogP contribution in [0.15, 0.2) is 22.9 Å². The lowest BCUT2D eigenvalue weighted by Gasteiger charge is -2.33. The maximum atomic E-state index is 12.1. The predicted octanol–water partition coefficient (Wildman–Crippen LogP) is 2.97. The largest absolute Gasteiger partial charge is 0.472 e. The fraction of sp³-hybridized carbons (Fsp3) is 0.562. The molecule has 1 saturated heterocycles. The first-order chi connectivity index (χ1) is 11.5. The second-order valence-electron chi connectivity index (χ2n) is 6.09. The summed E-state index contributed by atoms with van der Waals surface area (Å²) in [5.41, 5.74) is 0.662. The number of ether oxygens (including phenoxy) is 1. The molecule has 1 aliphatic rings. The van der Waals surface area contributed by atoms with Gasteiger partial charge in [0, 0.05) is 29.8 Å². The van der Waals surface area contributed by atoms with E-state index >= 15 is 0 Å². The summed E-state index contributed by atoms with van der Waals surface area (Å²) < 4.78 is 34.5. The summed E-state index contributed by atoms with van der Waals surface area (Å²) in [6, 6.07) is 3.68.